The number of quaternary nitrogens is 1. The molecule has 128 valence electrons. The lowest BCUT2D eigenvalue weighted by atomic mass is 10.1. The molecule has 1 aromatic carbocycles. The summed E-state index contributed by atoms with van der Waals surface area (Å²) in [6.45, 7) is 4.90. The van der Waals surface area contributed by atoms with Gasteiger partial charge in [0.1, 0.15) is 19.6 Å². The van der Waals surface area contributed by atoms with Crippen LogP contribution in [0.15, 0.2) is 24.3 Å². The molecule has 0 radical (unpaired) electrons. The molecule has 0 saturated carbocycles. The molecule has 2 heterocycles. The number of benzene rings is 1. The van der Waals surface area contributed by atoms with Crippen molar-refractivity contribution in [3.63, 3.8) is 0 Å². The zero-order valence-corrected chi connectivity index (χ0v) is 13.5. The summed E-state index contributed by atoms with van der Waals surface area (Å²) in [5, 5.41) is 2.79. The normalized spacial score (nSPS) is 17.9. The van der Waals surface area contributed by atoms with Crippen LogP contribution in [0.4, 0.5) is 0 Å². The SMILES string of the molecule is O=C(CN1C(=O)c2ccccc2C1=O)NCCC[NH+]1CCOCC1. The monoisotopic (exact) mass is 332 g/mol. The zero-order valence-electron chi connectivity index (χ0n) is 13.5. The summed E-state index contributed by atoms with van der Waals surface area (Å²) in [6, 6.07) is 6.64. The number of carbonyl (C=O) groups excluding carboxylic acids is 3. The van der Waals surface area contributed by atoms with E-state index in [4.69, 9.17) is 4.74 Å². The van der Waals surface area contributed by atoms with Crippen molar-refractivity contribution in [2.24, 2.45) is 0 Å². The van der Waals surface area contributed by atoms with E-state index in [0.29, 0.717) is 17.7 Å². The lowest BCUT2D eigenvalue weighted by Gasteiger charge is -2.23. The molecule has 7 heteroatoms. The summed E-state index contributed by atoms with van der Waals surface area (Å²) < 4.78 is 5.31. The average molecular weight is 332 g/mol. The Morgan fingerprint density at radius 3 is 2.38 bits per heavy atom. The van der Waals surface area contributed by atoms with Crippen LogP contribution in [0.2, 0.25) is 0 Å². The number of ether oxygens (including phenoxy) is 1. The molecule has 3 rings (SSSR count). The fourth-order valence-electron chi connectivity index (χ4n) is 3.06. The third-order valence-electron chi connectivity index (χ3n) is 4.41. The van der Waals surface area contributed by atoms with Crippen molar-refractivity contribution in [3.05, 3.63) is 35.4 Å². The van der Waals surface area contributed by atoms with Crippen LogP contribution in [0.5, 0.6) is 0 Å². The first-order valence-electron chi connectivity index (χ1n) is 8.30. The quantitative estimate of drug-likeness (QED) is 0.501. The van der Waals surface area contributed by atoms with Gasteiger partial charge in [-0.1, -0.05) is 12.1 Å². The van der Waals surface area contributed by atoms with Gasteiger partial charge in [0.15, 0.2) is 0 Å². The molecular formula is C17H22N3O4+. The first-order valence-corrected chi connectivity index (χ1v) is 8.30. The van der Waals surface area contributed by atoms with Crippen LogP contribution in [0.25, 0.3) is 0 Å². The van der Waals surface area contributed by atoms with Gasteiger partial charge < -0.3 is 15.0 Å². The van der Waals surface area contributed by atoms with E-state index < -0.39 is 11.8 Å². The van der Waals surface area contributed by atoms with Crippen molar-refractivity contribution in [1.82, 2.24) is 10.2 Å². The van der Waals surface area contributed by atoms with E-state index in [2.05, 4.69) is 5.32 Å². The second-order valence-electron chi connectivity index (χ2n) is 6.06. The Hall–Kier alpha value is -2.25. The van der Waals surface area contributed by atoms with Crippen molar-refractivity contribution in [1.29, 1.82) is 0 Å². The first-order chi connectivity index (χ1) is 11.7. The number of rotatable bonds is 6. The van der Waals surface area contributed by atoms with Crippen LogP contribution in [0.1, 0.15) is 27.1 Å². The van der Waals surface area contributed by atoms with Gasteiger partial charge in [0.2, 0.25) is 5.91 Å². The predicted octanol–water partition coefficient (Wildman–Crippen LogP) is -1.30. The van der Waals surface area contributed by atoms with E-state index in [-0.39, 0.29) is 12.5 Å². The minimum Gasteiger partial charge on any atom is -0.370 e. The number of amides is 3. The fourth-order valence-corrected chi connectivity index (χ4v) is 3.06. The summed E-state index contributed by atoms with van der Waals surface area (Å²) in [7, 11) is 0. The highest BCUT2D eigenvalue weighted by atomic mass is 16.5. The molecular weight excluding hydrogens is 310 g/mol. The van der Waals surface area contributed by atoms with Crippen molar-refractivity contribution in [2.45, 2.75) is 6.42 Å². The first kappa shape index (κ1) is 16.6. The lowest BCUT2D eigenvalue weighted by Crippen LogP contribution is -3.14. The molecule has 0 aliphatic carbocycles. The third kappa shape index (κ3) is 3.63. The zero-order chi connectivity index (χ0) is 16.9. The fraction of sp³-hybridized carbons (Fsp3) is 0.471. The number of fused-ring (bicyclic) bond motifs is 1. The van der Waals surface area contributed by atoms with E-state index in [0.717, 1.165) is 44.2 Å². The number of hydrogen-bond acceptors (Lipinski definition) is 4. The van der Waals surface area contributed by atoms with Gasteiger partial charge in [0.25, 0.3) is 11.8 Å². The summed E-state index contributed by atoms with van der Waals surface area (Å²) in [6.07, 6.45) is 0.864. The molecule has 1 aromatic rings. The van der Waals surface area contributed by atoms with Crippen molar-refractivity contribution >= 4 is 17.7 Å². The van der Waals surface area contributed by atoms with Gasteiger partial charge in [0, 0.05) is 13.0 Å². The number of morpholine rings is 1. The van der Waals surface area contributed by atoms with Crippen molar-refractivity contribution < 1.29 is 24.0 Å². The van der Waals surface area contributed by atoms with Crippen molar-refractivity contribution in [2.75, 3.05) is 45.9 Å². The molecule has 2 aliphatic heterocycles. The summed E-state index contributed by atoms with van der Waals surface area (Å²) in [4.78, 5) is 38.9. The Morgan fingerprint density at radius 1 is 1.12 bits per heavy atom. The number of nitrogens with one attached hydrogen (secondary N) is 2. The highest BCUT2D eigenvalue weighted by molar-refractivity contribution is 6.22. The lowest BCUT2D eigenvalue weighted by molar-refractivity contribution is -0.908. The smallest absolute Gasteiger partial charge is 0.262 e. The van der Waals surface area contributed by atoms with Gasteiger partial charge in [-0.15, -0.1) is 0 Å². The van der Waals surface area contributed by atoms with Gasteiger partial charge in [-0.2, -0.15) is 0 Å². The molecule has 0 bridgehead atoms. The molecule has 7 nitrogen and oxygen atoms in total. The van der Waals surface area contributed by atoms with E-state index in [1.54, 1.807) is 24.3 Å². The van der Waals surface area contributed by atoms with E-state index in [1.165, 1.54) is 4.90 Å². The molecule has 0 spiro atoms. The minimum atomic E-state index is -0.400. The maximum atomic E-state index is 12.2. The van der Waals surface area contributed by atoms with Crippen LogP contribution in [0.3, 0.4) is 0 Å². The molecule has 0 unspecified atom stereocenters. The molecule has 2 N–H and O–H groups in total. The maximum Gasteiger partial charge on any atom is 0.262 e. The van der Waals surface area contributed by atoms with Crippen LogP contribution in [-0.2, 0) is 9.53 Å². The molecule has 2 aliphatic rings. The maximum absolute atomic E-state index is 12.2. The Labute approximate surface area is 140 Å². The number of imide groups is 1. The summed E-state index contributed by atoms with van der Waals surface area (Å²) >= 11 is 0. The molecule has 24 heavy (non-hydrogen) atoms. The Morgan fingerprint density at radius 2 is 1.75 bits per heavy atom. The van der Waals surface area contributed by atoms with Gasteiger partial charge in [-0.3, -0.25) is 19.3 Å². The van der Waals surface area contributed by atoms with Gasteiger partial charge in [-0.25, -0.2) is 0 Å². The number of nitrogens with zero attached hydrogens (tertiary/aromatic N) is 1. The molecule has 3 amide bonds. The average Bonchev–Trinajstić information content (AvgIpc) is 2.85. The van der Waals surface area contributed by atoms with E-state index in [9.17, 15) is 14.4 Å². The predicted molar refractivity (Wildman–Crippen MR) is 85.8 cm³/mol. The van der Waals surface area contributed by atoms with Gasteiger partial charge in [0.05, 0.1) is 30.9 Å². The Kier molecular flexibility index (Phi) is 5.22. The second-order valence-corrected chi connectivity index (χ2v) is 6.06. The number of hydrogen-bond donors (Lipinski definition) is 2. The largest absolute Gasteiger partial charge is 0.370 e. The van der Waals surface area contributed by atoms with E-state index >= 15 is 0 Å². The highest BCUT2D eigenvalue weighted by Crippen LogP contribution is 2.21. The summed E-state index contributed by atoms with van der Waals surface area (Å²) in [5.41, 5.74) is 0.734. The second kappa shape index (κ2) is 7.55. The number of carbonyl (C=O) groups is 3. The molecule has 0 atom stereocenters. The van der Waals surface area contributed by atoms with E-state index in [1.807, 2.05) is 0 Å². The summed E-state index contributed by atoms with van der Waals surface area (Å²) in [5.74, 6) is -1.10. The van der Waals surface area contributed by atoms with Crippen molar-refractivity contribution in [3.8, 4) is 0 Å². The van der Waals surface area contributed by atoms with Gasteiger partial charge >= 0.3 is 0 Å². The van der Waals surface area contributed by atoms with Crippen LogP contribution < -0.4 is 10.2 Å². The molecule has 0 aromatic heterocycles. The Balaban J connectivity index is 1.42. The molecule has 1 saturated heterocycles. The Bertz CT molecular complexity index is 605. The van der Waals surface area contributed by atoms with Gasteiger partial charge in [-0.05, 0) is 12.1 Å². The van der Waals surface area contributed by atoms with Crippen LogP contribution in [0, 0.1) is 0 Å². The van der Waals surface area contributed by atoms with Crippen LogP contribution in [-0.4, -0.2) is 68.6 Å². The standard InChI is InChI=1S/C17H21N3O4/c21-15(18-6-3-7-19-8-10-24-11-9-19)12-20-16(22)13-4-1-2-5-14(13)17(20)23/h1-2,4-5H,3,6-12H2,(H,18,21)/p+1. The highest BCUT2D eigenvalue weighted by Gasteiger charge is 2.36. The third-order valence-corrected chi connectivity index (χ3v) is 4.41. The minimum absolute atomic E-state index is 0.225. The van der Waals surface area contributed by atoms with Crippen LogP contribution >= 0.6 is 0 Å². The molecule has 1 fully saturated rings. The topological polar surface area (TPSA) is 80.2 Å².